The molecule has 182 valence electrons. The molecule has 2 aromatic heterocycles. The summed E-state index contributed by atoms with van der Waals surface area (Å²) in [4.78, 5) is 26.4. The summed E-state index contributed by atoms with van der Waals surface area (Å²) >= 11 is 0. The SMILES string of the molecule is O=C(NC1CCN(Cc2ccc(N3CCCCC3)nc2)CC1)c1ccc(F)c(-c2cccnc2)c1. The Morgan fingerprint density at radius 1 is 1.00 bits per heavy atom. The quantitative estimate of drug-likeness (QED) is 0.564. The van der Waals surface area contributed by atoms with Crippen LogP contribution in [0.2, 0.25) is 0 Å². The summed E-state index contributed by atoms with van der Waals surface area (Å²) in [6.45, 7) is 4.93. The summed E-state index contributed by atoms with van der Waals surface area (Å²) in [6.07, 6.45) is 10.9. The molecule has 6 nitrogen and oxygen atoms in total. The van der Waals surface area contributed by atoms with E-state index < -0.39 is 0 Å². The van der Waals surface area contributed by atoms with Crippen LogP contribution in [0.3, 0.4) is 0 Å². The monoisotopic (exact) mass is 473 g/mol. The molecule has 3 aromatic rings. The Morgan fingerprint density at radius 2 is 1.83 bits per heavy atom. The highest BCUT2D eigenvalue weighted by Crippen LogP contribution is 2.24. The maximum Gasteiger partial charge on any atom is 0.251 e. The van der Waals surface area contributed by atoms with Crippen molar-refractivity contribution in [2.45, 2.75) is 44.7 Å². The molecule has 0 atom stereocenters. The molecular weight excluding hydrogens is 441 g/mol. The standard InChI is InChI=1S/C28H32FN5O/c29-26-8-7-22(17-25(26)23-5-4-12-30-19-23)28(35)32-24-10-15-33(16-11-24)20-21-6-9-27(31-18-21)34-13-2-1-3-14-34/h4-9,12,17-19,24H,1-3,10-11,13-16,20H2,(H,32,35). The van der Waals surface area contributed by atoms with Gasteiger partial charge in [0.05, 0.1) is 0 Å². The first-order valence-corrected chi connectivity index (χ1v) is 12.6. The number of amides is 1. The molecule has 4 heterocycles. The topological polar surface area (TPSA) is 61.4 Å². The van der Waals surface area contributed by atoms with Gasteiger partial charge in [-0.25, -0.2) is 9.37 Å². The zero-order chi connectivity index (χ0) is 24.0. The molecule has 2 aliphatic rings. The molecule has 2 saturated heterocycles. The third kappa shape index (κ3) is 5.85. The summed E-state index contributed by atoms with van der Waals surface area (Å²) in [5.41, 5.74) is 2.74. The third-order valence-electron chi connectivity index (χ3n) is 7.02. The number of likely N-dealkylation sites (tertiary alicyclic amines) is 1. The van der Waals surface area contributed by atoms with Gasteiger partial charge in [0, 0.05) is 74.0 Å². The zero-order valence-electron chi connectivity index (χ0n) is 20.0. The molecule has 2 fully saturated rings. The molecule has 0 aliphatic carbocycles. The minimum Gasteiger partial charge on any atom is -0.357 e. The van der Waals surface area contributed by atoms with Gasteiger partial charge in [0.2, 0.25) is 0 Å². The van der Waals surface area contributed by atoms with Crippen LogP contribution in [0.5, 0.6) is 0 Å². The van der Waals surface area contributed by atoms with E-state index in [-0.39, 0.29) is 17.8 Å². The molecular formula is C28H32FN5O. The summed E-state index contributed by atoms with van der Waals surface area (Å²) in [5, 5.41) is 3.14. The van der Waals surface area contributed by atoms with E-state index in [9.17, 15) is 9.18 Å². The van der Waals surface area contributed by atoms with Gasteiger partial charge in [-0.2, -0.15) is 0 Å². The van der Waals surface area contributed by atoms with Crippen LogP contribution in [0, 0.1) is 5.82 Å². The molecule has 1 amide bonds. The second-order valence-electron chi connectivity index (χ2n) is 9.53. The number of pyridine rings is 2. The van der Waals surface area contributed by atoms with Crippen molar-refractivity contribution >= 4 is 11.7 Å². The summed E-state index contributed by atoms with van der Waals surface area (Å²) in [6, 6.07) is 12.5. The average molecular weight is 474 g/mol. The van der Waals surface area contributed by atoms with Gasteiger partial charge >= 0.3 is 0 Å². The molecule has 5 rings (SSSR count). The Bertz CT molecular complexity index is 1120. The molecule has 35 heavy (non-hydrogen) atoms. The minimum atomic E-state index is -0.360. The maximum absolute atomic E-state index is 14.3. The lowest BCUT2D eigenvalue weighted by Crippen LogP contribution is -2.44. The highest BCUT2D eigenvalue weighted by molar-refractivity contribution is 5.95. The van der Waals surface area contributed by atoms with Gasteiger partial charge in [-0.15, -0.1) is 0 Å². The predicted octanol–water partition coefficient (Wildman–Crippen LogP) is 4.67. The van der Waals surface area contributed by atoms with Gasteiger partial charge in [0.1, 0.15) is 11.6 Å². The Kier molecular flexibility index (Phi) is 7.33. The number of piperidine rings is 2. The first-order chi connectivity index (χ1) is 17.2. The van der Waals surface area contributed by atoms with Gasteiger partial charge in [0.25, 0.3) is 5.91 Å². The van der Waals surface area contributed by atoms with Gasteiger partial charge in [-0.1, -0.05) is 12.1 Å². The fourth-order valence-corrected chi connectivity index (χ4v) is 4.99. The largest absolute Gasteiger partial charge is 0.357 e. The van der Waals surface area contributed by atoms with Crippen molar-refractivity contribution in [2.24, 2.45) is 0 Å². The minimum absolute atomic E-state index is 0.116. The van der Waals surface area contributed by atoms with Crippen LogP contribution in [-0.4, -0.2) is 53.0 Å². The molecule has 1 N–H and O–H groups in total. The third-order valence-corrected chi connectivity index (χ3v) is 7.02. The predicted molar refractivity (Wildman–Crippen MR) is 136 cm³/mol. The number of nitrogens with zero attached hydrogens (tertiary/aromatic N) is 4. The van der Waals surface area contributed by atoms with Crippen molar-refractivity contribution in [3.8, 4) is 11.1 Å². The highest BCUT2D eigenvalue weighted by atomic mass is 19.1. The number of aromatic nitrogens is 2. The van der Waals surface area contributed by atoms with E-state index in [0.29, 0.717) is 16.7 Å². The fourth-order valence-electron chi connectivity index (χ4n) is 4.99. The van der Waals surface area contributed by atoms with E-state index in [0.717, 1.165) is 51.4 Å². The highest BCUT2D eigenvalue weighted by Gasteiger charge is 2.22. The lowest BCUT2D eigenvalue weighted by molar-refractivity contribution is 0.0909. The number of anilines is 1. The van der Waals surface area contributed by atoms with Crippen LogP contribution in [-0.2, 0) is 6.54 Å². The Morgan fingerprint density at radius 3 is 2.54 bits per heavy atom. The maximum atomic E-state index is 14.3. The molecule has 2 aliphatic heterocycles. The summed E-state index contributed by atoms with van der Waals surface area (Å²) in [7, 11) is 0. The number of nitrogens with one attached hydrogen (secondary N) is 1. The first kappa shape index (κ1) is 23.4. The van der Waals surface area contributed by atoms with E-state index in [2.05, 4.69) is 32.2 Å². The summed E-state index contributed by atoms with van der Waals surface area (Å²) in [5.74, 6) is 0.565. The lowest BCUT2D eigenvalue weighted by atomic mass is 10.0. The molecule has 1 aromatic carbocycles. The fraction of sp³-hybridized carbons (Fsp3) is 0.393. The first-order valence-electron chi connectivity index (χ1n) is 12.6. The van der Waals surface area contributed by atoms with E-state index in [1.807, 2.05) is 6.20 Å². The molecule has 0 bridgehead atoms. The second kappa shape index (κ2) is 11.0. The number of hydrogen-bond acceptors (Lipinski definition) is 5. The molecule has 0 radical (unpaired) electrons. The number of benzene rings is 1. The van der Waals surface area contributed by atoms with E-state index in [1.54, 1.807) is 36.7 Å². The van der Waals surface area contributed by atoms with Crippen LogP contribution in [0.15, 0.2) is 61.1 Å². The normalized spacial score (nSPS) is 17.3. The van der Waals surface area contributed by atoms with Crippen LogP contribution in [0.25, 0.3) is 11.1 Å². The Labute approximate surface area is 206 Å². The van der Waals surface area contributed by atoms with Gasteiger partial charge < -0.3 is 10.2 Å². The Balaban J connectivity index is 1.12. The van der Waals surface area contributed by atoms with Crippen molar-refractivity contribution in [3.05, 3.63) is 78.0 Å². The van der Waals surface area contributed by atoms with Gasteiger partial charge in [0.15, 0.2) is 0 Å². The van der Waals surface area contributed by atoms with Crippen LogP contribution < -0.4 is 10.2 Å². The Hall–Kier alpha value is -3.32. The molecule has 0 saturated carbocycles. The van der Waals surface area contributed by atoms with E-state index >= 15 is 0 Å². The van der Waals surface area contributed by atoms with E-state index in [1.165, 1.54) is 30.9 Å². The van der Waals surface area contributed by atoms with Gasteiger partial charge in [-0.3, -0.25) is 14.7 Å². The second-order valence-corrected chi connectivity index (χ2v) is 9.53. The van der Waals surface area contributed by atoms with Crippen molar-refractivity contribution in [3.63, 3.8) is 0 Å². The average Bonchev–Trinajstić information content (AvgIpc) is 2.91. The lowest BCUT2D eigenvalue weighted by Gasteiger charge is -2.32. The van der Waals surface area contributed by atoms with Crippen LogP contribution in [0.1, 0.15) is 48.0 Å². The van der Waals surface area contributed by atoms with Crippen molar-refractivity contribution in [1.82, 2.24) is 20.2 Å². The molecule has 0 unspecified atom stereocenters. The molecule has 7 heteroatoms. The van der Waals surface area contributed by atoms with Gasteiger partial charge in [-0.05, 0) is 68.0 Å². The number of hydrogen-bond donors (Lipinski definition) is 1. The number of rotatable bonds is 6. The summed E-state index contributed by atoms with van der Waals surface area (Å²) < 4.78 is 14.3. The van der Waals surface area contributed by atoms with Crippen molar-refractivity contribution in [1.29, 1.82) is 0 Å². The molecule has 0 spiro atoms. The zero-order valence-corrected chi connectivity index (χ0v) is 20.0. The van der Waals surface area contributed by atoms with Crippen molar-refractivity contribution < 1.29 is 9.18 Å². The smallest absolute Gasteiger partial charge is 0.251 e. The number of carbonyl (C=O) groups excluding carboxylic acids is 1. The number of carbonyl (C=O) groups is 1. The van der Waals surface area contributed by atoms with Crippen molar-refractivity contribution in [2.75, 3.05) is 31.1 Å². The van der Waals surface area contributed by atoms with Crippen LogP contribution in [0.4, 0.5) is 10.2 Å². The number of halogens is 1. The van der Waals surface area contributed by atoms with Crippen LogP contribution >= 0.6 is 0 Å². The van der Waals surface area contributed by atoms with E-state index in [4.69, 9.17) is 4.98 Å².